The Kier molecular flexibility index (Phi) is 17.2. The summed E-state index contributed by atoms with van der Waals surface area (Å²) >= 11 is 3.64. The largest absolute Gasteiger partial charge is 0.493 e. The first-order valence-corrected chi connectivity index (χ1v) is 25.5. The van der Waals surface area contributed by atoms with E-state index < -0.39 is 0 Å². The van der Waals surface area contributed by atoms with E-state index in [2.05, 4.69) is 58.7 Å². The Hall–Kier alpha value is -5.26. The first-order chi connectivity index (χ1) is 33.3. The van der Waals surface area contributed by atoms with Crippen LogP contribution in [0.3, 0.4) is 0 Å². The molecule has 6 heterocycles. The predicted molar refractivity (Wildman–Crippen MR) is 275 cm³/mol. The van der Waals surface area contributed by atoms with Crippen LogP contribution in [0, 0.1) is 0 Å². The average molecular weight is 1000 g/mol. The molecule has 4 saturated heterocycles. The summed E-state index contributed by atoms with van der Waals surface area (Å²) < 4.78 is 34.8. The molecule has 0 bridgehead atoms. The maximum atomic E-state index is 5.86. The van der Waals surface area contributed by atoms with Crippen molar-refractivity contribution in [3.05, 3.63) is 46.4 Å². The van der Waals surface area contributed by atoms with Crippen molar-refractivity contribution >= 4 is 61.3 Å². The number of hydrogen-bond donors (Lipinski definition) is 3. The van der Waals surface area contributed by atoms with Crippen LogP contribution < -0.4 is 54.2 Å². The number of halogens is 1. The Morgan fingerprint density at radius 2 is 0.971 bits per heavy atom. The molecule has 0 saturated carbocycles. The maximum absolute atomic E-state index is 5.86. The summed E-state index contributed by atoms with van der Waals surface area (Å²) in [5.41, 5.74) is 2.95. The van der Waals surface area contributed by atoms with E-state index in [-0.39, 0.29) is 0 Å². The van der Waals surface area contributed by atoms with E-state index in [4.69, 9.17) is 48.4 Å². The highest BCUT2D eigenvalue weighted by Crippen LogP contribution is 2.40. The van der Waals surface area contributed by atoms with Crippen molar-refractivity contribution in [1.29, 1.82) is 0 Å². The lowest BCUT2D eigenvalue weighted by atomic mass is 10.0. The van der Waals surface area contributed by atoms with Crippen molar-refractivity contribution in [3.63, 3.8) is 0 Å². The molecule has 3 aromatic carbocycles. The van der Waals surface area contributed by atoms with Crippen LogP contribution in [0.25, 0.3) is 21.8 Å². The van der Waals surface area contributed by atoms with Gasteiger partial charge in [-0.15, -0.1) is 0 Å². The normalized spacial score (nSPS) is 17.3. The number of nitrogens with one attached hydrogen (secondary N) is 3. The Bertz CT molecular complexity index is 2410. The Labute approximate surface area is 410 Å². The standard InChI is InChI=1S/C31H42BrN5O4.C20H29N5O2/c1-5-40-27-16-21(17-28(29(27)32)41-6-2)20-36-14-10-22(11-15-36)33-31-34-24-19-26(39-4)25(38-3)18-23(24)30(35-31)37-12-8-7-9-13-37;1-26-17-12-15-16(13-18(17)27-2)23-20(22-14-6-8-21-9-7-14)24-19(15)25-10-4-3-5-11-25/h16-19,22H,5-15,20H2,1-4H3,(H,33,34,35);12-14,21H,3-11H2,1-2H3,(H,22,23,24). The third-order valence-electron chi connectivity index (χ3n) is 13.3. The molecule has 2 aromatic heterocycles. The second kappa shape index (κ2) is 23.8. The molecule has 0 atom stereocenters. The van der Waals surface area contributed by atoms with Gasteiger partial charge >= 0.3 is 0 Å². The molecule has 0 spiro atoms. The Morgan fingerprint density at radius 3 is 1.40 bits per heavy atom. The molecule has 0 unspecified atom stereocenters. The zero-order valence-corrected chi connectivity index (χ0v) is 42.5. The fourth-order valence-corrected chi connectivity index (χ4v) is 10.2. The molecule has 4 aliphatic heterocycles. The summed E-state index contributed by atoms with van der Waals surface area (Å²) in [6.07, 6.45) is 11.5. The first kappa shape index (κ1) is 49.2. The molecule has 4 fully saturated rings. The zero-order chi connectivity index (χ0) is 47.4. The number of likely N-dealkylation sites (tertiary alicyclic amines) is 1. The molecule has 5 aromatic rings. The molecule has 4 aliphatic rings. The summed E-state index contributed by atoms with van der Waals surface area (Å²) in [7, 11) is 6.65. The number of ether oxygens (including phenoxy) is 6. The number of nitrogens with zero attached hydrogens (tertiary/aromatic N) is 7. The van der Waals surface area contributed by atoms with Gasteiger partial charge in [0, 0.05) is 80.8 Å². The summed E-state index contributed by atoms with van der Waals surface area (Å²) in [6, 6.07) is 12.9. The summed E-state index contributed by atoms with van der Waals surface area (Å²) in [5.74, 6) is 7.80. The number of piperidine rings is 4. The number of benzene rings is 3. The first-order valence-electron chi connectivity index (χ1n) is 24.7. The average Bonchev–Trinajstić information content (AvgIpc) is 3.38. The van der Waals surface area contributed by atoms with E-state index in [0.717, 1.165) is 134 Å². The maximum Gasteiger partial charge on any atom is 0.225 e. The molecule has 0 radical (unpaired) electrons. The third-order valence-corrected chi connectivity index (χ3v) is 14.1. The molecule has 0 amide bonds. The van der Waals surface area contributed by atoms with E-state index >= 15 is 0 Å². The quantitative estimate of drug-likeness (QED) is 0.0861. The van der Waals surface area contributed by atoms with Gasteiger partial charge in [0.05, 0.1) is 52.7 Å². The van der Waals surface area contributed by atoms with Gasteiger partial charge in [-0.25, -0.2) is 9.97 Å². The summed E-state index contributed by atoms with van der Waals surface area (Å²) in [4.78, 5) is 27.0. The van der Waals surface area contributed by atoms with Crippen molar-refractivity contribution < 1.29 is 28.4 Å². The number of methoxy groups -OCH3 is 4. The van der Waals surface area contributed by atoms with E-state index in [9.17, 15) is 0 Å². The van der Waals surface area contributed by atoms with Gasteiger partial charge in [0.1, 0.15) is 27.6 Å². The molecule has 16 nitrogen and oxygen atoms in total. The monoisotopic (exact) mass is 998 g/mol. The van der Waals surface area contributed by atoms with Crippen molar-refractivity contribution in [2.24, 2.45) is 0 Å². The molecule has 368 valence electrons. The topological polar surface area (TPSA) is 153 Å². The molecule has 68 heavy (non-hydrogen) atoms. The minimum absolute atomic E-state index is 0.306. The minimum Gasteiger partial charge on any atom is -0.493 e. The highest BCUT2D eigenvalue weighted by molar-refractivity contribution is 9.10. The lowest BCUT2D eigenvalue weighted by Gasteiger charge is -2.33. The van der Waals surface area contributed by atoms with Crippen molar-refractivity contribution in [3.8, 4) is 34.5 Å². The van der Waals surface area contributed by atoms with Crippen molar-refractivity contribution in [1.82, 2.24) is 30.2 Å². The smallest absolute Gasteiger partial charge is 0.225 e. The van der Waals surface area contributed by atoms with Crippen LogP contribution in [-0.4, -0.2) is 131 Å². The molecule has 17 heteroatoms. The predicted octanol–water partition coefficient (Wildman–Crippen LogP) is 9.07. The van der Waals surface area contributed by atoms with Gasteiger partial charge in [-0.3, -0.25) is 4.90 Å². The lowest BCUT2D eigenvalue weighted by Crippen LogP contribution is -2.39. The van der Waals surface area contributed by atoms with Gasteiger partial charge in [-0.05, 0) is 137 Å². The van der Waals surface area contributed by atoms with E-state index in [1.165, 1.54) is 44.1 Å². The van der Waals surface area contributed by atoms with Crippen LogP contribution in [0.2, 0.25) is 0 Å². The molecular weight excluding hydrogens is 929 g/mol. The van der Waals surface area contributed by atoms with Crippen LogP contribution in [0.1, 0.15) is 83.6 Å². The molecule has 3 N–H and O–H groups in total. The fourth-order valence-electron chi connectivity index (χ4n) is 9.77. The number of aromatic nitrogens is 4. The van der Waals surface area contributed by atoms with Crippen LogP contribution in [0.15, 0.2) is 40.9 Å². The van der Waals surface area contributed by atoms with Crippen molar-refractivity contribution in [2.75, 3.05) is 114 Å². The van der Waals surface area contributed by atoms with Crippen LogP contribution in [-0.2, 0) is 6.54 Å². The Morgan fingerprint density at radius 1 is 0.544 bits per heavy atom. The summed E-state index contributed by atoms with van der Waals surface area (Å²) in [6.45, 7) is 14.2. The third kappa shape index (κ3) is 11.9. The van der Waals surface area contributed by atoms with E-state index in [1.54, 1.807) is 28.4 Å². The Balaban J connectivity index is 0.000000200. The summed E-state index contributed by atoms with van der Waals surface area (Å²) in [5, 5.41) is 12.6. The molecule has 0 aliphatic carbocycles. The van der Waals surface area contributed by atoms with Gasteiger partial charge < -0.3 is 54.2 Å². The van der Waals surface area contributed by atoms with Gasteiger partial charge in [0.25, 0.3) is 0 Å². The van der Waals surface area contributed by atoms with E-state index in [1.807, 2.05) is 38.1 Å². The molecular formula is C51H71BrN10O6. The van der Waals surface area contributed by atoms with Gasteiger partial charge in [0.15, 0.2) is 23.0 Å². The second-order valence-corrected chi connectivity index (χ2v) is 18.7. The highest BCUT2D eigenvalue weighted by atomic mass is 79.9. The van der Waals surface area contributed by atoms with Crippen LogP contribution in [0.5, 0.6) is 34.5 Å². The van der Waals surface area contributed by atoms with Gasteiger partial charge in [0.2, 0.25) is 11.9 Å². The fraction of sp³-hybridized carbons (Fsp3) is 0.569. The molecule has 9 rings (SSSR count). The number of fused-ring (bicyclic) bond motifs is 2. The van der Waals surface area contributed by atoms with Crippen molar-refractivity contribution in [2.45, 2.75) is 96.7 Å². The van der Waals surface area contributed by atoms with E-state index in [0.29, 0.717) is 60.2 Å². The highest BCUT2D eigenvalue weighted by Gasteiger charge is 2.25. The van der Waals surface area contributed by atoms with Crippen LogP contribution in [0.4, 0.5) is 23.5 Å². The van der Waals surface area contributed by atoms with Crippen LogP contribution >= 0.6 is 15.9 Å². The minimum atomic E-state index is 0.306. The second-order valence-electron chi connectivity index (χ2n) is 17.9. The SMILES string of the molecule is CCOc1cc(CN2CCC(Nc3nc(N4CCCCC4)c4cc(OC)c(OC)cc4n3)CC2)cc(OCC)c1Br.COc1cc2nc(NC3CCNCC3)nc(N3CCCCC3)c2cc1OC. The lowest BCUT2D eigenvalue weighted by molar-refractivity contribution is 0.210. The number of rotatable bonds is 16. The van der Waals surface area contributed by atoms with Gasteiger partial charge in [-0.2, -0.15) is 9.97 Å². The number of hydrogen-bond acceptors (Lipinski definition) is 16. The van der Waals surface area contributed by atoms with Gasteiger partial charge in [-0.1, -0.05) is 0 Å². The zero-order valence-electron chi connectivity index (χ0n) is 40.9. The number of anilines is 4.